The van der Waals surface area contributed by atoms with Gasteiger partial charge in [0.1, 0.15) is 6.61 Å². The van der Waals surface area contributed by atoms with Crippen molar-refractivity contribution in [3.05, 3.63) is 29.6 Å². The molecular formula is C21H27F6N3O7. The highest BCUT2D eigenvalue weighted by molar-refractivity contribution is 5.77. The van der Waals surface area contributed by atoms with Gasteiger partial charge in [-0.15, -0.1) is 0 Å². The molecule has 2 aliphatic rings. The second kappa shape index (κ2) is 13.5. The molecule has 2 atom stereocenters. The second-order valence-electron chi connectivity index (χ2n) is 8.33. The molecule has 3 heterocycles. The monoisotopic (exact) mass is 547 g/mol. The van der Waals surface area contributed by atoms with E-state index >= 15 is 0 Å². The SMILES string of the molecule is COCC(=O)NC[C@]12COC[C@H]1CN(Cc1cccc(C)n1)C2.O=C(O)C(F)(F)F.O=C(O)C(F)(F)F. The van der Waals surface area contributed by atoms with E-state index in [-0.39, 0.29) is 17.9 Å². The van der Waals surface area contributed by atoms with Crippen LogP contribution in [-0.4, -0.2) is 96.9 Å². The lowest BCUT2D eigenvalue weighted by atomic mass is 9.81. The van der Waals surface area contributed by atoms with Crippen LogP contribution in [0.3, 0.4) is 0 Å². The molecule has 0 spiro atoms. The van der Waals surface area contributed by atoms with Crippen LogP contribution in [0.25, 0.3) is 0 Å². The molecule has 2 aliphatic heterocycles. The minimum absolute atomic E-state index is 0.0211. The summed E-state index contributed by atoms with van der Waals surface area (Å²) >= 11 is 0. The van der Waals surface area contributed by atoms with Crippen molar-refractivity contribution in [2.45, 2.75) is 25.8 Å². The summed E-state index contributed by atoms with van der Waals surface area (Å²) in [5, 5.41) is 17.2. The lowest BCUT2D eigenvalue weighted by Gasteiger charge is -2.27. The molecule has 0 radical (unpaired) electrons. The number of fused-ring (bicyclic) bond motifs is 1. The van der Waals surface area contributed by atoms with E-state index in [1.807, 2.05) is 13.0 Å². The molecule has 0 aromatic carbocycles. The maximum absolute atomic E-state index is 11.7. The van der Waals surface area contributed by atoms with Gasteiger partial charge in [-0.2, -0.15) is 26.3 Å². The van der Waals surface area contributed by atoms with E-state index in [1.165, 1.54) is 7.11 Å². The number of pyridine rings is 1. The van der Waals surface area contributed by atoms with Gasteiger partial charge >= 0.3 is 24.3 Å². The van der Waals surface area contributed by atoms with Gasteiger partial charge in [-0.1, -0.05) is 6.07 Å². The van der Waals surface area contributed by atoms with Crippen LogP contribution in [0.1, 0.15) is 11.4 Å². The first-order chi connectivity index (χ1) is 17.0. The number of rotatable bonds is 6. The average Bonchev–Trinajstić information content (AvgIpc) is 3.29. The largest absolute Gasteiger partial charge is 0.490 e. The van der Waals surface area contributed by atoms with Crippen LogP contribution in [0.2, 0.25) is 0 Å². The molecule has 0 aliphatic carbocycles. The Balaban J connectivity index is 0.000000404. The first-order valence-electron chi connectivity index (χ1n) is 10.6. The Morgan fingerprint density at radius 1 is 1.16 bits per heavy atom. The number of likely N-dealkylation sites (tertiary alicyclic amines) is 1. The van der Waals surface area contributed by atoms with Crippen LogP contribution >= 0.6 is 0 Å². The molecule has 210 valence electrons. The number of carbonyl (C=O) groups is 3. The summed E-state index contributed by atoms with van der Waals surface area (Å²) in [6, 6.07) is 6.14. The van der Waals surface area contributed by atoms with E-state index in [4.69, 9.17) is 29.3 Å². The number of aliphatic carboxylic acids is 2. The van der Waals surface area contributed by atoms with E-state index < -0.39 is 24.3 Å². The number of amides is 1. The fraction of sp³-hybridized carbons (Fsp3) is 0.619. The molecule has 16 heteroatoms. The lowest BCUT2D eigenvalue weighted by molar-refractivity contribution is -0.193. The zero-order valence-electron chi connectivity index (χ0n) is 19.9. The highest BCUT2D eigenvalue weighted by Crippen LogP contribution is 2.41. The first-order valence-corrected chi connectivity index (χ1v) is 10.6. The number of carboxylic acid groups (broad SMARTS) is 2. The van der Waals surface area contributed by atoms with E-state index in [0.717, 1.165) is 37.6 Å². The Morgan fingerprint density at radius 2 is 1.73 bits per heavy atom. The number of nitrogens with one attached hydrogen (secondary N) is 1. The quantitative estimate of drug-likeness (QED) is 0.456. The lowest BCUT2D eigenvalue weighted by Crippen LogP contribution is -2.44. The molecule has 1 aromatic heterocycles. The van der Waals surface area contributed by atoms with Crippen LogP contribution < -0.4 is 5.32 Å². The summed E-state index contributed by atoms with van der Waals surface area (Å²) in [5.74, 6) is -5.11. The van der Waals surface area contributed by atoms with Crippen molar-refractivity contribution in [3.8, 4) is 0 Å². The van der Waals surface area contributed by atoms with E-state index in [9.17, 15) is 31.1 Å². The summed E-state index contributed by atoms with van der Waals surface area (Å²) in [7, 11) is 1.53. The summed E-state index contributed by atoms with van der Waals surface area (Å²) in [5.41, 5.74) is 2.17. The Bertz CT molecular complexity index is 905. The number of alkyl halides is 6. The molecular weight excluding hydrogens is 520 g/mol. The maximum Gasteiger partial charge on any atom is 0.490 e. The predicted molar refractivity (Wildman–Crippen MR) is 113 cm³/mol. The van der Waals surface area contributed by atoms with Crippen LogP contribution in [0.4, 0.5) is 26.3 Å². The van der Waals surface area contributed by atoms with Gasteiger partial charge in [0.15, 0.2) is 0 Å². The van der Waals surface area contributed by atoms with Gasteiger partial charge in [0.2, 0.25) is 5.91 Å². The molecule has 1 amide bonds. The number of methoxy groups -OCH3 is 1. The summed E-state index contributed by atoms with van der Waals surface area (Å²) in [6.07, 6.45) is -10.2. The maximum atomic E-state index is 11.7. The van der Waals surface area contributed by atoms with Crippen molar-refractivity contribution in [3.63, 3.8) is 0 Å². The number of hydrogen-bond donors (Lipinski definition) is 3. The Labute approximate surface area is 207 Å². The summed E-state index contributed by atoms with van der Waals surface area (Å²) < 4.78 is 74.0. The fourth-order valence-electron chi connectivity index (χ4n) is 3.69. The van der Waals surface area contributed by atoms with Crippen molar-refractivity contribution < 1.29 is 60.4 Å². The third-order valence-electron chi connectivity index (χ3n) is 5.32. The van der Waals surface area contributed by atoms with Crippen LogP contribution in [0, 0.1) is 18.3 Å². The molecule has 37 heavy (non-hydrogen) atoms. The second-order valence-corrected chi connectivity index (χ2v) is 8.33. The van der Waals surface area contributed by atoms with Crippen molar-refractivity contribution in [2.24, 2.45) is 11.3 Å². The number of carboxylic acids is 2. The Kier molecular flexibility index (Phi) is 11.7. The van der Waals surface area contributed by atoms with E-state index in [0.29, 0.717) is 19.1 Å². The molecule has 0 saturated carbocycles. The fourth-order valence-corrected chi connectivity index (χ4v) is 3.69. The molecule has 2 saturated heterocycles. The molecule has 3 rings (SSSR count). The molecule has 3 N–H and O–H groups in total. The number of carbonyl (C=O) groups excluding carboxylic acids is 1. The number of nitrogens with zero attached hydrogens (tertiary/aromatic N) is 2. The molecule has 0 bridgehead atoms. The zero-order chi connectivity index (χ0) is 28.4. The Hall–Kier alpha value is -2.98. The predicted octanol–water partition coefficient (Wildman–Crippen LogP) is 1.87. The molecule has 2 fully saturated rings. The van der Waals surface area contributed by atoms with Gasteiger partial charge < -0.3 is 25.0 Å². The summed E-state index contributed by atoms with van der Waals surface area (Å²) in [4.78, 5) is 36.5. The standard InChI is InChI=1S/C17H25N3O3.2C2HF3O2/c1-13-4-3-5-15(19-13)7-20-6-14-8-23-12-17(14,11-20)10-18-16(21)9-22-2;2*3-2(4,5)1(6)7/h3-5,14H,6-12H2,1-2H3,(H,18,21);2*(H,6,7)/t14-,17+;;/m1../s1. The van der Waals surface area contributed by atoms with Crippen LogP contribution in [-0.2, 0) is 30.4 Å². The van der Waals surface area contributed by atoms with Crippen molar-refractivity contribution in [2.75, 3.05) is 46.6 Å². The van der Waals surface area contributed by atoms with Crippen LogP contribution in [0.5, 0.6) is 0 Å². The minimum Gasteiger partial charge on any atom is -0.475 e. The molecule has 10 nitrogen and oxygen atoms in total. The minimum atomic E-state index is -5.08. The van der Waals surface area contributed by atoms with E-state index in [2.05, 4.69) is 27.3 Å². The Morgan fingerprint density at radius 3 is 2.22 bits per heavy atom. The average molecular weight is 547 g/mol. The topological polar surface area (TPSA) is 138 Å². The van der Waals surface area contributed by atoms with Crippen molar-refractivity contribution >= 4 is 17.8 Å². The molecule has 1 aromatic rings. The number of hydrogen-bond acceptors (Lipinski definition) is 7. The highest BCUT2D eigenvalue weighted by Gasteiger charge is 2.50. The van der Waals surface area contributed by atoms with Gasteiger partial charge in [0.05, 0.1) is 18.9 Å². The third kappa shape index (κ3) is 10.9. The van der Waals surface area contributed by atoms with Crippen molar-refractivity contribution in [1.29, 1.82) is 0 Å². The highest BCUT2D eigenvalue weighted by atomic mass is 19.4. The smallest absolute Gasteiger partial charge is 0.475 e. The van der Waals surface area contributed by atoms with Gasteiger partial charge in [-0.3, -0.25) is 14.7 Å². The van der Waals surface area contributed by atoms with Gasteiger partial charge in [-0.25, -0.2) is 9.59 Å². The molecule has 0 unspecified atom stereocenters. The van der Waals surface area contributed by atoms with E-state index in [1.54, 1.807) is 0 Å². The zero-order valence-corrected chi connectivity index (χ0v) is 19.9. The van der Waals surface area contributed by atoms with Crippen LogP contribution in [0.15, 0.2) is 18.2 Å². The number of ether oxygens (including phenoxy) is 2. The number of halogens is 6. The third-order valence-corrected chi connectivity index (χ3v) is 5.32. The van der Waals surface area contributed by atoms with Gasteiger partial charge in [0, 0.05) is 50.3 Å². The van der Waals surface area contributed by atoms with Gasteiger partial charge in [-0.05, 0) is 19.1 Å². The van der Waals surface area contributed by atoms with Gasteiger partial charge in [0.25, 0.3) is 0 Å². The number of aryl methyl sites for hydroxylation is 1. The first kappa shape index (κ1) is 32.0. The number of aromatic nitrogens is 1. The van der Waals surface area contributed by atoms with Crippen molar-refractivity contribution in [1.82, 2.24) is 15.2 Å². The summed E-state index contributed by atoms with van der Waals surface area (Å²) in [6.45, 7) is 7.04. The normalized spacial score (nSPS) is 21.1.